The van der Waals surface area contributed by atoms with Gasteiger partial charge in [-0.2, -0.15) is 0 Å². The van der Waals surface area contributed by atoms with Gasteiger partial charge in [-0.3, -0.25) is 4.79 Å². The molecule has 19 heavy (non-hydrogen) atoms. The first-order valence-electron chi connectivity index (χ1n) is 5.32. The first kappa shape index (κ1) is 14.0. The number of carbonyl (C=O) groups excluding carboxylic acids is 2. The molecule has 2 aromatic carbocycles. The SMILES string of the molecule is O=Cc1cc(Br)ccc1OC(=O)c1ccc(Br)cc1. The van der Waals surface area contributed by atoms with Crippen molar-refractivity contribution in [2.24, 2.45) is 0 Å². The summed E-state index contributed by atoms with van der Waals surface area (Å²) in [5.74, 6) is -0.260. The van der Waals surface area contributed by atoms with Gasteiger partial charge in [0, 0.05) is 8.95 Å². The lowest BCUT2D eigenvalue weighted by molar-refractivity contribution is 0.0733. The molecule has 0 bridgehead atoms. The summed E-state index contributed by atoms with van der Waals surface area (Å²) in [6.45, 7) is 0. The lowest BCUT2D eigenvalue weighted by Gasteiger charge is -2.07. The maximum Gasteiger partial charge on any atom is 0.343 e. The highest BCUT2D eigenvalue weighted by Gasteiger charge is 2.11. The van der Waals surface area contributed by atoms with Crippen molar-refractivity contribution in [2.45, 2.75) is 0 Å². The molecule has 0 fully saturated rings. The summed E-state index contributed by atoms with van der Waals surface area (Å²) in [4.78, 5) is 22.8. The Balaban J connectivity index is 2.23. The lowest BCUT2D eigenvalue weighted by atomic mass is 10.2. The molecule has 0 saturated heterocycles. The molecule has 0 aliphatic rings. The molecule has 0 aliphatic heterocycles. The van der Waals surface area contributed by atoms with E-state index in [2.05, 4.69) is 31.9 Å². The summed E-state index contributed by atoms with van der Waals surface area (Å²) in [7, 11) is 0. The minimum atomic E-state index is -0.502. The molecule has 0 aromatic heterocycles. The second-order valence-electron chi connectivity index (χ2n) is 3.70. The molecule has 0 amide bonds. The first-order valence-corrected chi connectivity index (χ1v) is 6.91. The number of halogens is 2. The fourth-order valence-electron chi connectivity index (χ4n) is 1.45. The normalized spacial score (nSPS) is 10.0. The minimum Gasteiger partial charge on any atom is -0.422 e. The van der Waals surface area contributed by atoms with Crippen LogP contribution in [0.15, 0.2) is 51.4 Å². The quantitative estimate of drug-likeness (QED) is 0.452. The fraction of sp³-hybridized carbons (Fsp3) is 0. The summed E-state index contributed by atoms with van der Waals surface area (Å²) in [6, 6.07) is 11.7. The third-order valence-electron chi connectivity index (χ3n) is 2.38. The summed E-state index contributed by atoms with van der Waals surface area (Å²) in [5.41, 5.74) is 0.739. The average molecular weight is 384 g/mol. The zero-order valence-corrected chi connectivity index (χ0v) is 12.8. The van der Waals surface area contributed by atoms with Crippen molar-refractivity contribution in [3.05, 3.63) is 62.5 Å². The van der Waals surface area contributed by atoms with Crippen molar-refractivity contribution in [1.82, 2.24) is 0 Å². The van der Waals surface area contributed by atoms with E-state index in [0.717, 1.165) is 8.95 Å². The van der Waals surface area contributed by atoms with Crippen LogP contribution in [-0.4, -0.2) is 12.3 Å². The van der Waals surface area contributed by atoms with Crippen molar-refractivity contribution >= 4 is 44.1 Å². The van der Waals surface area contributed by atoms with E-state index in [-0.39, 0.29) is 5.75 Å². The van der Waals surface area contributed by atoms with E-state index in [1.54, 1.807) is 42.5 Å². The molecule has 2 rings (SSSR count). The molecule has 0 atom stereocenters. The van der Waals surface area contributed by atoms with E-state index >= 15 is 0 Å². The van der Waals surface area contributed by atoms with Crippen LogP contribution < -0.4 is 4.74 Å². The second kappa shape index (κ2) is 6.12. The predicted octanol–water partition coefficient (Wildman–Crippen LogP) is 4.24. The van der Waals surface area contributed by atoms with Gasteiger partial charge in [-0.05, 0) is 42.5 Å². The Morgan fingerprint density at radius 1 is 1.00 bits per heavy atom. The van der Waals surface area contributed by atoms with E-state index < -0.39 is 5.97 Å². The Morgan fingerprint density at radius 3 is 2.26 bits per heavy atom. The van der Waals surface area contributed by atoms with E-state index in [1.165, 1.54) is 0 Å². The van der Waals surface area contributed by atoms with E-state index in [0.29, 0.717) is 17.4 Å². The van der Waals surface area contributed by atoms with Gasteiger partial charge in [-0.15, -0.1) is 0 Å². The number of esters is 1. The molecule has 0 unspecified atom stereocenters. The van der Waals surface area contributed by atoms with Gasteiger partial charge in [0.05, 0.1) is 11.1 Å². The van der Waals surface area contributed by atoms with Crippen molar-refractivity contribution in [2.75, 3.05) is 0 Å². The number of hydrogen-bond acceptors (Lipinski definition) is 3. The predicted molar refractivity (Wildman–Crippen MR) is 78.6 cm³/mol. The highest BCUT2D eigenvalue weighted by Crippen LogP contribution is 2.23. The van der Waals surface area contributed by atoms with Crippen LogP contribution in [0.25, 0.3) is 0 Å². The summed E-state index contributed by atoms with van der Waals surface area (Å²) < 4.78 is 6.84. The van der Waals surface area contributed by atoms with Gasteiger partial charge in [-0.25, -0.2) is 4.79 Å². The van der Waals surface area contributed by atoms with Crippen LogP contribution in [0.4, 0.5) is 0 Å². The molecule has 0 aliphatic carbocycles. The van der Waals surface area contributed by atoms with Crippen molar-refractivity contribution in [3.8, 4) is 5.75 Å². The van der Waals surface area contributed by atoms with Crippen LogP contribution in [0.1, 0.15) is 20.7 Å². The standard InChI is InChI=1S/C14H8Br2O3/c15-11-3-1-9(2-4-11)14(18)19-13-6-5-12(16)7-10(13)8-17/h1-8H. The molecule has 0 radical (unpaired) electrons. The Morgan fingerprint density at radius 2 is 1.63 bits per heavy atom. The molecule has 0 spiro atoms. The first-order chi connectivity index (χ1) is 9.10. The third-order valence-corrected chi connectivity index (χ3v) is 3.40. The van der Waals surface area contributed by atoms with Crippen LogP contribution in [-0.2, 0) is 0 Å². The molecule has 3 nitrogen and oxygen atoms in total. The second-order valence-corrected chi connectivity index (χ2v) is 5.53. The number of aldehydes is 1. The van der Waals surface area contributed by atoms with Crippen molar-refractivity contribution in [1.29, 1.82) is 0 Å². The summed E-state index contributed by atoms with van der Waals surface area (Å²) in [6.07, 6.45) is 0.648. The monoisotopic (exact) mass is 382 g/mol. The van der Waals surface area contributed by atoms with Crippen LogP contribution in [0.3, 0.4) is 0 Å². The Hall–Kier alpha value is -1.46. The maximum atomic E-state index is 11.9. The van der Waals surface area contributed by atoms with Crippen LogP contribution >= 0.6 is 31.9 Å². The molecule has 5 heteroatoms. The maximum absolute atomic E-state index is 11.9. The Bertz CT molecular complexity index is 621. The van der Waals surface area contributed by atoms with E-state index in [1.807, 2.05) is 0 Å². The van der Waals surface area contributed by atoms with E-state index in [9.17, 15) is 9.59 Å². The lowest BCUT2D eigenvalue weighted by Crippen LogP contribution is -2.09. The van der Waals surface area contributed by atoms with Gasteiger partial charge < -0.3 is 4.74 Å². The van der Waals surface area contributed by atoms with Gasteiger partial charge in [0.15, 0.2) is 6.29 Å². The van der Waals surface area contributed by atoms with Crippen LogP contribution in [0, 0.1) is 0 Å². The minimum absolute atomic E-state index is 0.242. The Labute approximate surface area is 126 Å². The third kappa shape index (κ3) is 3.52. The number of carbonyl (C=O) groups is 2. The Kier molecular flexibility index (Phi) is 4.50. The zero-order valence-electron chi connectivity index (χ0n) is 9.60. The molecular formula is C14H8Br2O3. The summed E-state index contributed by atoms with van der Waals surface area (Å²) in [5, 5.41) is 0. The van der Waals surface area contributed by atoms with Crippen molar-refractivity contribution in [3.63, 3.8) is 0 Å². The number of ether oxygens (including phenoxy) is 1. The molecule has 2 aromatic rings. The largest absolute Gasteiger partial charge is 0.422 e. The number of benzene rings is 2. The molecular weight excluding hydrogens is 376 g/mol. The van der Waals surface area contributed by atoms with Crippen LogP contribution in [0.2, 0.25) is 0 Å². The van der Waals surface area contributed by atoms with Gasteiger partial charge in [0.2, 0.25) is 0 Å². The zero-order chi connectivity index (χ0) is 13.8. The molecule has 0 N–H and O–H groups in total. The number of rotatable bonds is 3. The smallest absolute Gasteiger partial charge is 0.343 e. The van der Waals surface area contributed by atoms with Gasteiger partial charge >= 0.3 is 5.97 Å². The number of hydrogen-bond donors (Lipinski definition) is 0. The van der Waals surface area contributed by atoms with E-state index in [4.69, 9.17) is 4.74 Å². The van der Waals surface area contributed by atoms with Crippen LogP contribution in [0.5, 0.6) is 5.75 Å². The average Bonchev–Trinajstić information content (AvgIpc) is 2.41. The molecule has 0 saturated carbocycles. The van der Waals surface area contributed by atoms with Gasteiger partial charge in [0.1, 0.15) is 5.75 Å². The summed E-state index contributed by atoms with van der Waals surface area (Å²) >= 11 is 6.54. The van der Waals surface area contributed by atoms with Crippen molar-refractivity contribution < 1.29 is 14.3 Å². The molecule has 96 valence electrons. The highest BCUT2D eigenvalue weighted by molar-refractivity contribution is 9.10. The van der Waals surface area contributed by atoms with Gasteiger partial charge in [-0.1, -0.05) is 31.9 Å². The topological polar surface area (TPSA) is 43.4 Å². The fourth-order valence-corrected chi connectivity index (χ4v) is 2.09. The highest BCUT2D eigenvalue weighted by atomic mass is 79.9. The van der Waals surface area contributed by atoms with Gasteiger partial charge in [0.25, 0.3) is 0 Å². The molecule has 0 heterocycles.